The molecule has 0 radical (unpaired) electrons. The van der Waals surface area contributed by atoms with Crippen molar-refractivity contribution in [3.05, 3.63) is 89.5 Å². The van der Waals surface area contributed by atoms with Crippen molar-refractivity contribution in [1.29, 1.82) is 0 Å². The number of benzene rings is 3. The van der Waals surface area contributed by atoms with Crippen LogP contribution in [0.25, 0.3) is 0 Å². The number of aryl methyl sites for hydroxylation is 1. The number of ether oxygens (including phenoxy) is 2. The SMILES string of the molecule is COc1cc(NC(=O)N[C@H](Cc2ccccc2)C(=O)OC(C)(C)C)ccc1CS(=O)(=O)c1ccc(C)cc1. The van der Waals surface area contributed by atoms with E-state index < -0.39 is 33.5 Å². The summed E-state index contributed by atoms with van der Waals surface area (Å²) in [5, 5.41) is 5.38. The molecule has 0 unspecified atom stereocenters. The number of nitrogens with one attached hydrogen (secondary N) is 2. The van der Waals surface area contributed by atoms with Crippen LogP contribution in [0.3, 0.4) is 0 Å². The number of amides is 2. The fraction of sp³-hybridized carbons (Fsp3) is 0.310. The quantitative estimate of drug-likeness (QED) is 0.369. The number of hydrogen-bond acceptors (Lipinski definition) is 6. The average molecular weight is 539 g/mol. The highest BCUT2D eigenvalue weighted by atomic mass is 32.2. The van der Waals surface area contributed by atoms with Gasteiger partial charge in [-0.05, 0) is 51.5 Å². The fourth-order valence-corrected chi connectivity index (χ4v) is 5.08. The summed E-state index contributed by atoms with van der Waals surface area (Å²) in [6, 6.07) is 19.2. The van der Waals surface area contributed by atoms with E-state index in [1.807, 2.05) is 37.3 Å². The number of carbonyl (C=O) groups excluding carboxylic acids is 2. The summed E-state index contributed by atoms with van der Waals surface area (Å²) in [7, 11) is -2.17. The van der Waals surface area contributed by atoms with Crippen LogP contribution in [0.15, 0.2) is 77.7 Å². The van der Waals surface area contributed by atoms with Crippen molar-refractivity contribution in [2.75, 3.05) is 12.4 Å². The van der Waals surface area contributed by atoms with Crippen molar-refractivity contribution >= 4 is 27.5 Å². The Bertz CT molecular complexity index is 1360. The van der Waals surface area contributed by atoms with Gasteiger partial charge in [0.15, 0.2) is 9.84 Å². The van der Waals surface area contributed by atoms with Gasteiger partial charge in [-0.1, -0.05) is 54.1 Å². The Morgan fingerprint density at radius 3 is 2.21 bits per heavy atom. The first-order valence-corrected chi connectivity index (χ1v) is 13.8. The normalized spacial score (nSPS) is 12.3. The van der Waals surface area contributed by atoms with E-state index in [9.17, 15) is 18.0 Å². The Balaban J connectivity index is 1.74. The molecule has 0 aliphatic heterocycles. The van der Waals surface area contributed by atoms with E-state index in [1.54, 1.807) is 63.2 Å². The van der Waals surface area contributed by atoms with E-state index >= 15 is 0 Å². The molecule has 0 fully saturated rings. The minimum absolute atomic E-state index is 0.221. The van der Waals surface area contributed by atoms with Crippen LogP contribution in [0, 0.1) is 6.92 Å². The number of anilines is 1. The molecular formula is C29H34N2O6S. The summed E-state index contributed by atoms with van der Waals surface area (Å²) in [5.41, 5.74) is 1.94. The molecule has 8 nitrogen and oxygen atoms in total. The van der Waals surface area contributed by atoms with Crippen molar-refractivity contribution in [3.63, 3.8) is 0 Å². The molecule has 202 valence electrons. The van der Waals surface area contributed by atoms with Crippen LogP contribution in [0.4, 0.5) is 10.5 Å². The second kappa shape index (κ2) is 12.1. The lowest BCUT2D eigenvalue weighted by Gasteiger charge is -2.25. The van der Waals surface area contributed by atoms with E-state index in [0.29, 0.717) is 17.0 Å². The molecule has 3 rings (SSSR count). The highest BCUT2D eigenvalue weighted by molar-refractivity contribution is 7.90. The van der Waals surface area contributed by atoms with Gasteiger partial charge in [-0.2, -0.15) is 0 Å². The highest BCUT2D eigenvalue weighted by Gasteiger charge is 2.27. The Hall–Kier alpha value is -3.85. The predicted molar refractivity (Wildman–Crippen MR) is 147 cm³/mol. The molecule has 3 aromatic carbocycles. The third kappa shape index (κ3) is 8.34. The van der Waals surface area contributed by atoms with Gasteiger partial charge in [0.2, 0.25) is 0 Å². The Kier molecular flexibility index (Phi) is 9.17. The second-order valence-corrected chi connectivity index (χ2v) is 12.0. The summed E-state index contributed by atoms with van der Waals surface area (Å²) in [4.78, 5) is 25.9. The Morgan fingerprint density at radius 1 is 0.947 bits per heavy atom. The fourth-order valence-electron chi connectivity index (χ4n) is 3.72. The molecule has 2 N–H and O–H groups in total. The zero-order valence-corrected chi connectivity index (χ0v) is 23.1. The maximum absolute atomic E-state index is 12.9. The molecule has 38 heavy (non-hydrogen) atoms. The first kappa shape index (κ1) is 28.7. The third-order valence-electron chi connectivity index (χ3n) is 5.55. The maximum atomic E-state index is 12.9. The summed E-state index contributed by atoms with van der Waals surface area (Å²) in [6.07, 6.45) is 0.252. The van der Waals surface area contributed by atoms with E-state index in [2.05, 4.69) is 10.6 Å². The minimum Gasteiger partial charge on any atom is -0.496 e. The first-order chi connectivity index (χ1) is 17.9. The smallest absolute Gasteiger partial charge is 0.329 e. The lowest BCUT2D eigenvalue weighted by atomic mass is 10.1. The Labute approximate surface area is 224 Å². The zero-order valence-electron chi connectivity index (χ0n) is 22.3. The van der Waals surface area contributed by atoms with Gasteiger partial charge in [-0.3, -0.25) is 0 Å². The van der Waals surface area contributed by atoms with Crippen LogP contribution in [0.2, 0.25) is 0 Å². The summed E-state index contributed by atoms with van der Waals surface area (Å²) < 4.78 is 36.7. The van der Waals surface area contributed by atoms with Crippen molar-refractivity contribution in [2.45, 2.75) is 56.4 Å². The standard InChI is InChI=1S/C29H34N2O6S/c1-20-11-15-24(16-12-20)38(34,35)19-22-13-14-23(18-26(22)36-5)30-28(33)31-25(27(32)37-29(2,3)4)17-21-9-7-6-8-10-21/h6-16,18,25H,17,19H2,1-5H3,(H2,30,31,33)/t25-/m1/s1. The number of urea groups is 1. The summed E-state index contributed by atoms with van der Waals surface area (Å²) in [5.74, 6) is -0.499. The maximum Gasteiger partial charge on any atom is 0.329 e. The van der Waals surface area contributed by atoms with Crippen LogP contribution in [-0.4, -0.2) is 39.2 Å². The molecule has 0 spiro atoms. The molecule has 0 aliphatic rings. The largest absolute Gasteiger partial charge is 0.496 e. The molecule has 2 amide bonds. The number of methoxy groups -OCH3 is 1. The van der Waals surface area contributed by atoms with Crippen molar-refractivity contribution in [1.82, 2.24) is 5.32 Å². The zero-order chi connectivity index (χ0) is 27.9. The van der Waals surface area contributed by atoms with Gasteiger partial charge in [0.05, 0.1) is 17.8 Å². The summed E-state index contributed by atoms with van der Waals surface area (Å²) >= 11 is 0. The highest BCUT2D eigenvalue weighted by Crippen LogP contribution is 2.27. The van der Waals surface area contributed by atoms with E-state index in [0.717, 1.165) is 11.1 Å². The number of esters is 1. The Morgan fingerprint density at radius 2 is 1.61 bits per heavy atom. The van der Waals surface area contributed by atoms with E-state index in [-0.39, 0.29) is 17.1 Å². The number of carbonyl (C=O) groups is 2. The van der Waals surface area contributed by atoms with Gasteiger partial charge in [0, 0.05) is 23.7 Å². The van der Waals surface area contributed by atoms with Gasteiger partial charge in [-0.15, -0.1) is 0 Å². The van der Waals surface area contributed by atoms with Gasteiger partial charge in [0.1, 0.15) is 17.4 Å². The molecule has 0 bridgehead atoms. The van der Waals surface area contributed by atoms with Gasteiger partial charge in [0.25, 0.3) is 0 Å². The molecule has 0 saturated heterocycles. The molecule has 3 aromatic rings. The predicted octanol–water partition coefficient (Wildman–Crippen LogP) is 5.05. The van der Waals surface area contributed by atoms with Crippen molar-refractivity contribution < 1.29 is 27.5 Å². The van der Waals surface area contributed by atoms with Crippen LogP contribution in [-0.2, 0) is 31.5 Å². The average Bonchev–Trinajstić information content (AvgIpc) is 2.84. The topological polar surface area (TPSA) is 111 Å². The van der Waals surface area contributed by atoms with Crippen LogP contribution < -0.4 is 15.4 Å². The molecule has 9 heteroatoms. The molecular weight excluding hydrogens is 504 g/mol. The molecule has 0 saturated carbocycles. The molecule has 0 aromatic heterocycles. The minimum atomic E-state index is -3.60. The third-order valence-corrected chi connectivity index (χ3v) is 7.23. The van der Waals surface area contributed by atoms with Crippen LogP contribution in [0.5, 0.6) is 5.75 Å². The summed E-state index contributed by atoms with van der Waals surface area (Å²) in [6.45, 7) is 7.17. The van der Waals surface area contributed by atoms with Crippen LogP contribution in [0.1, 0.15) is 37.5 Å². The van der Waals surface area contributed by atoms with Crippen LogP contribution >= 0.6 is 0 Å². The van der Waals surface area contributed by atoms with Crippen molar-refractivity contribution in [3.8, 4) is 5.75 Å². The number of sulfone groups is 1. The lowest BCUT2D eigenvalue weighted by molar-refractivity contribution is -0.157. The molecule has 1 atom stereocenters. The molecule has 0 aliphatic carbocycles. The monoisotopic (exact) mass is 538 g/mol. The molecule has 0 heterocycles. The van der Waals surface area contributed by atoms with Gasteiger partial charge < -0.3 is 20.1 Å². The van der Waals surface area contributed by atoms with E-state index in [1.165, 1.54) is 7.11 Å². The number of hydrogen-bond donors (Lipinski definition) is 2. The lowest BCUT2D eigenvalue weighted by Crippen LogP contribution is -2.47. The van der Waals surface area contributed by atoms with Gasteiger partial charge in [-0.25, -0.2) is 18.0 Å². The van der Waals surface area contributed by atoms with Gasteiger partial charge >= 0.3 is 12.0 Å². The van der Waals surface area contributed by atoms with Crippen molar-refractivity contribution in [2.24, 2.45) is 0 Å². The number of rotatable bonds is 9. The second-order valence-electron chi connectivity index (χ2n) is 9.97. The first-order valence-electron chi connectivity index (χ1n) is 12.2. The van der Waals surface area contributed by atoms with E-state index in [4.69, 9.17) is 9.47 Å².